The van der Waals surface area contributed by atoms with Crippen LogP contribution in [0.4, 0.5) is 0 Å². The molecule has 0 spiro atoms. The average Bonchev–Trinajstić information content (AvgIpc) is 2.41. The predicted octanol–water partition coefficient (Wildman–Crippen LogP) is 0.789. The maximum atomic E-state index is 4.90. The lowest BCUT2D eigenvalue weighted by molar-refractivity contribution is 0.195. The first-order chi connectivity index (χ1) is 4.93. The Hall–Kier alpha value is -0.830. The van der Waals surface area contributed by atoms with Crippen LogP contribution in [0.2, 0.25) is 0 Å². The number of nitrogens with zero attached hydrogens (tertiary/aromatic N) is 1. The number of nitrogens with one attached hydrogen (secondary N) is 1. The summed E-state index contributed by atoms with van der Waals surface area (Å²) in [6.45, 7) is 0.805. The fourth-order valence-electron chi connectivity index (χ4n) is 0.782. The first-order valence-corrected chi connectivity index (χ1v) is 3.33. The highest BCUT2D eigenvalue weighted by Crippen LogP contribution is 1.97. The van der Waals surface area contributed by atoms with Gasteiger partial charge >= 0.3 is 0 Å². The van der Waals surface area contributed by atoms with Crippen LogP contribution in [-0.4, -0.2) is 23.9 Å². The van der Waals surface area contributed by atoms with E-state index in [1.807, 2.05) is 6.20 Å². The second kappa shape index (κ2) is 4.06. The third-order valence-corrected chi connectivity index (χ3v) is 1.30. The Balaban J connectivity index is 2.15. The molecule has 1 radical (unpaired) electrons. The minimum Gasteiger partial charge on any atom is -0.385 e. The lowest BCUT2D eigenvalue weighted by Gasteiger charge is -1.94. The summed E-state index contributed by atoms with van der Waals surface area (Å²) in [4.78, 5) is 0. The number of methoxy groups -OCH3 is 1. The molecule has 0 unspecified atom stereocenters. The summed E-state index contributed by atoms with van der Waals surface area (Å²) in [6, 6.07) is 0. The van der Waals surface area contributed by atoms with E-state index in [0.717, 1.165) is 25.0 Å². The number of aromatic nitrogens is 2. The van der Waals surface area contributed by atoms with E-state index >= 15 is 0 Å². The summed E-state index contributed by atoms with van der Waals surface area (Å²) in [5.41, 5.74) is 1.12. The molecule has 0 saturated carbocycles. The minimum absolute atomic E-state index is 0.805. The molecule has 0 aliphatic rings. The predicted molar refractivity (Wildman–Crippen MR) is 37.6 cm³/mol. The molecule has 10 heavy (non-hydrogen) atoms. The molecule has 0 amide bonds. The van der Waals surface area contributed by atoms with Crippen molar-refractivity contribution in [3.63, 3.8) is 0 Å². The van der Waals surface area contributed by atoms with Gasteiger partial charge in [-0.2, -0.15) is 5.10 Å². The normalized spacial score (nSPS) is 10.1. The van der Waals surface area contributed by atoms with E-state index in [1.54, 1.807) is 7.11 Å². The van der Waals surface area contributed by atoms with Crippen LogP contribution in [0.25, 0.3) is 0 Å². The van der Waals surface area contributed by atoms with Crippen LogP contribution in [0.1, 0.15) is 12.0 Å². The van der Waals surface area contributed by atoms with Crippen molar-refractivity contribution in [2.24, 2.45) is 0 Å². The van der Waals surface area contributed by atoms with E-state index in [4.69, 9.17) is 4.74 Å². The first-order valence-electron chi connectivity index (χ1n) is 3.33. The van der Waals surface area contributed by atoms with Gasteiger partial charge in [0.2, 0.25) is 0 Å². The van der Waals surface area contributed by atoms with Crippen LogP contribution >= 0.6 is 0 Å². The van der Waals surface area contributed by atoms with Gasteiger partial charge in [-0.25, -0.2) is 0 Å². The lowest BCUT2D eigenvalue weighted by atomic mass is 10.2. The van der Waals surface area contributed by atoms with Crippen LogP contribution in [0.3, 0.4) is 0 Å². The first kappa shape index (κ1) is 7.28. The van der Waals surface area contributed by atoms with Crippen LogP contribution in [0.5, 0.6) is 0 Å². The second-order valence-electron chi connectivity index (χ2n) is 2.12. The van der Waals surface area contributed by atoms with Crippen molar-refractivity contribution in [2.75, 3.05) is 13.7 Å². The second-order valence-corrected chi connectivity index (χ2v) is 2.12. The molecule has 0 atom stereocenters. The Kier molecular flexibility index (Phi) is 2.96. The SMILES string of the molecule is COCCCc1[c]n[nH]c1. The molecule has 0 fully saturated rings. The molecule has 1 N–H and O–H groups in total. The fourth-order valence-corrected chi connectivity index (χ4v) is 0.782. The number of aryl methyl sites for hydroxylation is 1. The molecule has 0 saturated heterocycles. The van der Waals surface area contributed by atoms with E-state index in [-0.39, 0.29) is 0 Å². The Labute approximate surface area is 60.4 Å². The highest BCUT2D eigenvalue weighted by Gasteiger charge is 1.92. The molecule has 3 heteroatoms. The number of aromatic amines is 1. The molecule has 0 bridgehead atoms. The van der Waals surface area contributed by atoms with Gasteiger partial charge in [-0.3, -0.25) is 5.10 Å². The highest BCUT2D eigenvalue weighted by molar-refractivity contribution is 5.00. The van der Waals surface area contributed by atoms with Crippen LogP contribution < -0.4 is 0 Å². The van der Waals surface area contributed by atoms with E-state index < -0.39 is 0 Å². The Morgan fingerprint density at radius 2 is 2.70 bits per heavy atom. The third kappa shape index (κ3) is 2.19. The van der Waals surface area contributed by atoms with E-state index in [1.165, 1.54) is 0 Å². The summed E-state index contributed by atoms with van der Waals surface area (Å²) in [5.74, 6) is 0. The van der Waals surface area contributed by atoms with Gasteiger partial charge in [0.15, 0.2) is 0 Å². The standard InChI is InChI=1S/C7H11N2O/c1-10-4-2-3-7-5-8-9-6-7/h5H,2-4H2,1H3,(H,8,9). The molecule has 1 aromatic rings. The number of hydrogen-bond donors (Lipinski definition) is 1. The summed E-state index contributed by atoms with van der Waals surface area (Å²) < 4.78 is 4.90. The van der Waals surface area contributed by atoms with Gasteiger partial charge in [-0.1, -0.05) is 0 Å². The van der Waals surface area contributed by atoms with Crippen molar-refractivity contribution in [1.82, 2.24) is 10.2 Å². The van der Waals surface area contributed by atoms with Gasteiger partial charge in [-0.05, 0) is 18.4 Å². The molecule has 55 valence electrons. The van der Waals surface area contributed by atoms with Crippen LogP contribution in [-0.2, 0) is 11.2 Å². The van der Waals surface area contributed by atoms with Gasteiger partial charge in [0.1, 0.15) is 6.20 Å². The van der Waals surface area contributed by atoms with Gasteiger partial charge in [0.05, 0.1) is 0 Å². The fraction of sp³-hybridized carbons (Fsp3) is 0.571. The Morgan fingerprint density at radius 3 is 3.30 bits per heavy atom. The minimum atomic E-state index is 0.805. The van der Waals surface area contributed by atoms with E-state index in [0.29, 0.717) is 0 Å². The number of hydrogen-bond acceptors (Lipinski definition) is 2. The maximum absolute atomic E-state index is 4.90. The summed E-state index contributed by atoms with van der Waals surface area (Å²) in [7, 11) is 1.71. The Bertz CT molecular complexity index is 160. The molecule has 1 aromatic heterocycles. The topological polar surface area (TPSA) is 37.9 Å². The quantitative estimate of drug-likeness (QED) is 0.626. The van der Waals surface area contributed by atoms with Crippen molar-refractivity contribution in [3.8, 4) is 0 Å². The Morgan fingerprint density at radius 1 is 1.80 bits per heavy atom. The monoisotopic (exact) mass is 139 g/mol. The zero-order valence-corrected chi connectivity index (χ0v) is 6.05. The number of ether oxygens (including phenoxy) is 1. The summed E-state index contributed by atoms with van der Waals surface area (Å²) in [5, 5.41) is 6.42. The lowest BCUT2D eigenvalue weighted by Crippen LogP contribution is -1.90. The molecule has 3 nitrogen and oxygen atoms in total. The van der Waals surface area contributed by atoms with Gasteiger partial charge in [0, 0.05) is 19.9 Å². The molecular weight excluding hydrogens is 128 g/mol. The smallest absolute Gasteiger partial charge is 0.116 e. The third-order valence-electron chi connectivity index (χ3n) is 1.30. The average molecular weight is 139 g/mol. The van der Waals surface area contributed by atoms with Gasteiger partial charge in [-0.15, -0.1) is 0 Å². The van der Waals surface area contributed by atoms with Crippen molar-refractivity contribution < 1.29 is 4.74 Å². The zero-order chi connectivity index (χ0) is 7.23. The van der Waals surface area contributed by atoms with Crippen molar-refractivity contribution in [2.45, 2.75) is 12.8 Å². The van der Waals surface area contributed by atoms with Crippen molar-refractivity contribution in [1.29, 1.82) is 0 Å². The number of rotatable bonds is 4. The molecule has 1 heterocycles. The molecular formula is C7H11N2O. The maximum Gasteiger partial charge on any atom is 0.116 e. The van der Waals surface area contributed by atoms with Gasteiger partial charge < -0.3 is 4.74 Å². The van der Waals surface area contributed by atoms with Crippen LogP contribution in [0.15, 0.2) is 6.20 Å². The summed E-state index contributed by atoms with van der Waals surface area (Å²) in [6.07, 6.45) is 6.72. The van der Waals surface area contributed by atoms with Gasteiger partial charge in [0.25, 0.3) is 0 Å². The molecule has 1 rings (SSSR count). The van der Waals surface area contributed by atoms with Crippen LogP contribution in [0, 0.1) is 6.20 Å². The summed E-state index contributed by atoms with van der Waals surface area (Å²) >= 11 is 0. The largest absolute Gasteiger partial charge is 0.385 e. The molecule has 0 aliphatic heterocycles. The zero-order valence-electron chi connectivity index (χ0n) is 6.05. The highest BCUT2D eigenvalue weighted by atomic mass is 16.5. The van der Waals surface area contributed by atoms with E-state index in [9.17, 15) is 0 Å². The molecule has 0 aromatic carbocycles. The van der Waals surface area contributed by atoms with Crippen molar-refractivity contribution >= 4 is 0 Å². The number of H-pyrrole nitrogens is 1. The van der Waals surface area contributed by atoms with Crippen molar-refractivity contribution in [3.05, 3.63) is 18.0 Å². The molecule has 0 aliphatic carbocycles. The van der Waals surface area contributed by atoms with E-state index in [2.05, 4.69) is 16.4 Å².